The molecule has 0 radical (unpaired) electrons. The highest BCUT2D eigenvalue weighted by atomic mass is 15.1. The number of rotatable bonds is 4. The molecule has 0 atom stereocenters. The summed E-state index contributed by atoms with van der Waals surface area (Å²) in [4.78, 5) is 6.80. The van der Waals surface area contributed by atoms with Crippen LogP contribution in [0.25, 0.3) is 0 Å². The van der Waals surface area contributed by atoms with E-state index >= 15 is 0 Å². The summed E-state index contributed by atoms with van der Waals surface area (Å²) in [5, 5.41) is 0. The van der Waals surface area contributed by atoms with E-state index in [9.17, 15) is 0 Å². The number of amidine groups is 1. The lowest BCUT2D eigenvalue weighted by molar-refractivity contribution is 0.349. The predicted octanol–water partition coefficient (Wildman–Crippen LogP) is 1.10. The maximum Gasteiger partial charge on any atom is 0.0963 e. The lowest BCUT2D eigenvalue weighted by Crippen LogP contribution is -2.25. The monoisotopic (exact) mass is 183 g/mol. The van der Waals surface area contributed by atoms with E-state index in [-0.39, 0.29) is 0 Å². The van der Waals surface area contributed by atoms with E-state index in [4.69, 9.17) is 5.73 Å². The molecule has 1 rings (SSSR count). The average molecular weight is 183 g/mol. The summed E-state index contributed by atoms with van der Waals surface area (Å²) in [6.07, 6.45) is 2.70. The molecule has 3 heteroatoms. The molecule has 0 saturated carbocycles. The maximum absolute atomic E-state index is 5.73. The highest BCUT2D eigenvalue weighted by molar-refractivity contribution is 5.82. The molecule has 76 valence electrons. The molecule has 13 heavy (non-hydrogen) atoms. The van der Waals surface area contributed by atoms with Crippen molar-refractivity contribution in [2.45, 2.75) is 26.7 Å². The molecule has 1 heterocycles. The van der Waals surface area contributed by atoms with Crippen molar-refractivity contribution >= 4 is 5.84 Å². The SMILES string of the molecule is CC(C)C(N)=NCCN1CCCC1. The summed E-state index contributed by atoms with van der Waals surface area (Å²) < 4.78 is 0. The lowest BCUT2D eigenvalue weighted by atomic mass is 10.2. The van der Waals surface area contributed by atoms with E-state index in [2.05, 4.69) is 23.7 Å². The molecule has 1 saturated heterocycles. The van der Waals surface area contributed by atoms with Crippen molar-refractivity contribution in [1.82, 2.24) is 4.90 Å². The van der Waals surface area contributed by atoms with Crippen LogP contribution in [0.15, 0.2) is 4.99 Å². The van der Waals surface area contributed by atoms with Gasteiger partial charge in [-0.3, -0.25) is 4.99 Å². The van der Waals surface area contributed by atoms with Crippen LogP contribution >= 0.6 is 0 Å². The Bertz CT molecular complexity index is 169. The first kappa shape index (κ1) is 10.5. The van der Waals surface area contributed by atoms with Crippen LogP contribution in [-0.4, -0.2) is 36.9 Å². The quantitative estimate of drug-likeness (QED) is 0.524. The van der Waals surface area contributed by atoms with Crippen LogP contribution in [0, 0.1) is 5.92 Å². The third-order valence-corrected chi connectivity index (χ3v) is 2.50. The van der Waals surface area contributed by atoms with E-state index in [0.717, 1.165) is 18.9 Å². The first-order chi connectivity index (χ1) is 6.20. The first-order valence-electron chi connectivity index (χ1n) is 5.22. The van der Waals surface area contributed by atoms with Gasteiger partial charge in [-0.2, -0.15) is 0 Å². The predicted molar refractivity (Wildman–Crippen MR) is 57.0 cm³/mol. The van der Waals surface area contributed by atoms with Crippen molar-refractivity contribution in [2.75, 3.05) is 26.2 Å². The van der Waals surface area contributed by atoms with Crippen LogP contribution in [0.5, 0.6) is 0 Å². The lowest BCUT2D eigenvalue weighted by Gasteiger charge is -2.12. The van der Waals surface area contributed by atoms with Gasteiger partial charge in [-0.05, 0) is 25.9 Å². The van der Waals surface area contributed by atoms with E-state index in [1.807, 2.05) is 0 Å². The van der Waals surface area contributed by atoms with Gasteiger partial charge in [0, 0.05) is 12.5 Å². The van der Waals surface area contributed by atoms with Gasteiger partial charge in [0.05, 0.1) is 12.4 Å². The first-order valence-corrected chi connectivity index (χ1v) is 5.22. The zero-order valence-corrected chi connectivity index (χ0v) is 8.79. The Labute approximate surface area is 81.0 Å². The van der Waals surface area contributed by atoms with E-state index in [0.29, 0.717) is 5.92 Å². The zero-order chi connectivity index (χ0) is 9.68. The minimum atomic E-state index is 0.388. The molecule has 0 aromatic carbocycles. The second-order valence-electron chi connectivity index (χ2n) is 4.01. The van der Waals surface area contributed by atoms with Crippen LogP contribution in [0.1, 0.15) is 26.7 Å². The van der Waals surface area contributed by atoms with Gasteiger partial charge in [0.25, 0.3) is 0 Å². The minimum absolute atomic E-state index is 0.388. The maximum atomic E-state index is 5.73. The van der Waals surface area contributed by atoms with Crippen molar-refractivity contribution in [3.05, 3.63) is 0 Å². The van der Waals surface area contributed by atoms with Gasteiger partial charge in [-0.15, -0.1) is 0 Å². The summed E-state index contributed by atoms with van der Waals surface area (Å²) in [5.74, 6) is 1.18. The Morgan fingerprint density at radius 2 is 2.00 bits per heavy atom. The number of nitrogens with two attached hydrogens (primary N) is 1. The number of nitrogens with zero attached hydrogens (tertiary/aromatic N) is 2. The van der Waals surface area contributed by atoms with Crippen LogP contribution in [0.3, 0.4) is 0 Å². The van der Waals surface area contributed by atoms with Crippen LogP contribution in [0.4, 0.5) is 0 Å². The highest BCUT2D eigenvalue weighted by Crippen LogP contribution is 2.06. The molecule has 3 nitrogen and oxygen atoms in total. The van der Waals surface area contributed by atoms with Crippen molar-refractivity contribution < 1.29 is 0 Å². The van der Waals surface area contributed by atoms with E-state index < -0.39 is 0 Å². The Morgan fingerprint density at radius 3 is 2.54 bits per heavy atom. The van der Waals surface area contributed by atoms with E-state index in [1.54, 1.807) is 0 Å². The second-order valence-corrected chi connectivity index (χ2v) is 4.01. The van der Waals surface area contributed by atoms with Gasteiger partial charge < -0.3 is 10.6 Å². The summed E-state index contributed by atoms with van der Waals surface area (Å²) in [7, 11) is 0. The highest BCUT2D eigenvalue weighted by Gasteiger charge is 2.10. The van der Waals surface area contributed by atoms with Crippen molar-refractivity contribution in [2.24, 2.45) is 16.6 Å². The third-order valence-electron chi connectivity index (χ3n) is 2.50. The van der Waals surface area contributed by atoms with E-state index in [1.165, 1.54) is 25.9 Å². The van der Waals surface area contributed by atoms with Gasteiger partial charge in [-0.1, -0.05) is 13.8 Å². The zero-order valence-electron chi connectivity index (χ0n) is 8.79. The molecule has 1 fully saturated rings. The molecule has 0 aliphatic carbocycles. The summed E-state index contributed by atoms with van der Waals surface area (Å²) in [6.45, 7) is 8.59. The fourth-order valence-electron chi connectivity index (χ4n) is 1.51. The Morgan fingerprint density at radius 1 is 1.38 bits per heavy atom. The molecule has 2 N–H and O–H groups in total. The molecule has 1 aliphatic heterocycles. The smallest absolute Gasteiger partial charge is 0.0963 e. The normalized spacial score (nSPS) is 20.1. The second kappa shape index (κ2) is 5.22. The molecule has 0 bridgehead atoms. The molecule has 0 amide bonds. The van der Waals surface area contributed by atoms with Crippen molar-refractivity contribution in [1.29, 1.82) is 0 Å². The number of hydrogen-bond acceptors (Lipinski definition) is 2. The summed E-state index contributed by atoms with van der Waals surface area (Å²) in [5.41, 5.74) is 5.73. The molecule has 0 aromatic heterocycles. The van der Waals surface area contributed by atoms with Gasteiger partial charge >= 0.3 is 0 Å². The van der Waals surface area contributed by atoms with Gasteiger partial charge in [-0.25, -0.2) is 0 Å². The van der Waals surface area contributed by atoms with Crippen LogP contribution < -0.4 is 5.73 Å². The average Bonchev–Trinajstić information content (AvgIpc) is 2.56. The van der Waals surface area contributed by atoms with Crippen molar-refractivity contribution in [3.63, 3.8) is 0 Å². The topological polar surface area (TPSA) is 41.6 Å². The number of hydrogen-bond donors (Lipinski definition) is 1. The molecule has 1 aliphatic rings. The Balaban J connectivity index is 2.15. The van der Waals surface area contributed by atoms with Crippen LogP contribution in [0.2, 0.25) is 0 Å². The fourth-order valence-corrected chi connectivity index (χ4v) is 1.51. The largest absolute Gasteiger partial charge is 0.387 e. The van der Waals surface area contributed by atoms with Crippen molar-refractivity contribution in [3.8, 4) is 0 Å². The summed E-state index contributed by atoms with van der Waals surface area (Å²) >= 11 is 0. The Hall–Kier alpha value is -0.570. The molecule has 0 aromatic rings. The molecular formula is C10H21N3. The summed E-state index contributed by atoms with van der Waals surface area (Å²) in [6, 6.07) is 0. The molecular weight excluding hydrogens is 162 g/mol. The number of likely N-dealkylation sites (tertiary alicyclic amines) is 1. The Kier molecular flexibility index (Phi) is 4.22. The van der Waals surface area contributed by atoms with Crippen LogP contribution in [-0.2, 0) is 0 Å². The molecule has 0 spiro atoms. The standard InChI is InChI=1S/C10H21N3/c1-9(2)10(11)12-5-8-13-6-3-4-7-13/h9H,3-8H2,1-2H3,(H2,11,12). The van der Waals surface area contributed by atoms with Gasteiger partial charge in [0.2, 0.25) is 0 Å². The fraction of sp³-hybridized carbons (Fsp3) is 0.900. The minimum Gasteiger partial charge on any atom is -0.387 e. The third kappa shape index (κ3) is 3.77. The molecule has 0 unspecified atom stereocenters. The van der Waals surface area contributed by atoms with Gasteiger partial charge in [0.15, 0.2) is 0 Å². The van der Waals surface area contributed by atoms with Gasteiger partial charge in [0.1, 0.15) is 0 Å². The number of aliphatic imine (C=N–C) groups is 1.